The van der Waals surface area contributed by atoms with E-state index in [9.17, 15) is 35.9 Å². The van der Waals surface area contributed by atoms with Gasteiger partial charge >= 0.3 is 18.3 Å². The maximum absolute atomic E-state index is 13.8. The summed E-state index contributed by atoms with van der Waals surface area (Å²) in [5, 5.41) is 11.6. The molecule has 276 valence electrons. The number of aliphatic carboxylic acids is 1. The number of carboxylic acids is 1. The number of hydrogen-bond donors (Lipinski definition) is 2. The Kier molecular flexibility index (Phi) is 15.0. The Morgan fingerprint density at radius 2 is 1.60 bits per heavy atom. The molecule has 5 rings (SSSR count). The van der Waals surface area contributed by atoms with Crippen molar-refractivity contribution in [1.29, 1.82) is 0 Å². The molecule has 2 aliphatic rings. The van der Waals surface area contributed by atoms with Gasteiger partial charge < -0.3 is 20.1 Å². The van der Waals surface area contributed by atoms with Gasteiger partial charge in [0.25, 0.3) is 5.91 Å². The molecule has 1 amide bonds. The molecule has 2 aromatic carbocycles. The van der Waals surface area contributed by atoms with Gasteiger partial charge in [-0.3, -0.25) is 19.4 Å². The van der Waals surface area contributed by atoms with E-state index in [1.54, 1.807) is 24.3 Å². The van der Waals surface area contributed by atoms with Crippen molar-refractivity contribution < 1.29 is 45.8 Å². The van der Waals surface area contributed by atoms with Crippen LogP contribution in [0.25, 0.3) is 11.1 Å². The van der Waals surface area contributed by atoms with Crippen LogP contribution in [0.5, 0.6) is 5.75 Å². The summed E-state index contributed by atoms with van der Waals surface area (Å²) in [6.07, 6.45) is -7.77. The minimum Gasteiger partial charge on any atom is -0.496 e. The number of ether oxygens (including phenoxy) is 1. The van der Waals surface area contributed by atoms with Crippen LogP contribution in [0.2, 0.25) is 0 Å². The number of nitrogens with one attached hydrogen (secondary N) is 1. The van der Waals surface area contributed by atoms with Gasteiger partial charge in [0, 0.05) is 55.7 Å². The summed E-state index contributed by atoms with van der Waals surface area (Å²) in [6, 6.07) is 9.82. The quantitative estimate of drug-likeness (QED) is 0.224. The van der Waals surface area contributed by atoms with Crippen molar-refractivity contribution in [2.24, 2.45) is 0 Å². The number of anilines is 2. The molecular weight excluding hydrogens is 739 g/mol. The Balaban J connectivity index is 0.00000289. The molecule has 1 atom stereocenters. The number of alkyl halides is 6. The Hall–Kier alpha value is -3.50. The van der Waals surface area contributed by atoms with Crippen LogP contribution in [0.1, 0.15) is 34.3 Å². The zero-order valence-corrected chi connectivity index (χ0v) is 29.0. The van der Waals surface area contributed by atoms with Crippen LogP contribution >= 0.6 is 37.2 Å². The van der Waals surface area contributed by atoms with Crippen molar-refractivity contribution in [2.45, 2.75) is 37.8 Å². The first kappa shape index (κ1) is 42.7. The molecule has 0 unspecified atom stereocenters. The number of halogens is 9. The number of methoxy groups -OCH3 is 1. The average molecular weight is 775 g/mol. The summed E-state index contributed by atoms with van der Waals surface area (Å²) in [7, 11) is 1.11. The second-order valence-corrected chi connectivity index (χ2v) is 11.5. The van der Waals surface area contributed by atoms with Crippen molar-refractivity contribution in [2.75, 3.05) is 56.6 Å². The predicted octanol–water partition coefficient (Wildman–Crippen LogP) is 7.03. The molecule has 1 aromatic heterocycles. The van der Waals surface area contributed by atoms with Gasteiger partial charge in [0.2, 0.25) is 0 Å². The molecule has 0 radical (unpaired) electrons. The fourth-order valence-corrected chi connectivity index (χ4v) is 6.03. The minimum atomic E-state index is -4.75. The van der Waals surface area contributed by atoms with Crippen molar-refractivity contribution >= 4 is 60.6 Å². The number of aromatic nitrogens is 1. The largest absolute Gasteiger partial charge is 0.496 e. The second-order valence-electron chi connectivity index (χ2n) is 11.5. The third kappa shape index (κ3) is 10.3. The van der Waals surface area contributed by atoms with E-state index in [1.807, 2.05) is 4.90 Å². The van der Waals surface area contributed by atoms with Crippen LogP contribution < -0.4 is 15.0 Å². The molecule has 9 nitrogen and oxygen atoms in total. The van der Waals surface area contributed by atoms with E-state index in [-0.39, 0.29) is 91.3 Å². The van der Waals surface area contributed by atoms with Crippen molar-refractivity contribution in [1.82, 2.24) is 14.8 Å². The summed E-state index contributed by atoms with van der Waals surface area (Å²) >= 11 is 0. The highest BCUT2D eigenvalue weighted by atomic mass is 35.5. The lowest BCUT2D eigenvalue weighted by atomic mass is 9.98. The van der Waals surface area contributed by atoms with Gasteiger partial charge in [0.1, 0.15) is 17.6 Å². The summed E-state index contributed by atoms with van der Waals surface area (Å²) in [5.74, 6) is -1.79. The molecule has 3 aromatic rings. The van der Waals surface area contributed by atoms with Gasteiger partial charge in [-0.15, -0.1) is 37.2 Å². The van der Waals surface area contributed by atoms with Crippen molar-refractivity contribution in [3.8, 4) is 16.9 Å². The fourth-order valence-electron chi connectivity index (χ4n) is 6.03. The van der Waals surface area contributed by atoms with Crippen LogP contribution in [0, 0.1) is 0 Å². The highest BCUT2D eigenvalue weighted by Crippen LogP contribution is 2.40. The zero-order chi connectivity index (χ0) is 33.9. The number of nitrogens with zero attached hydrogens (tertiary/aromatic N) is 4. The Labute approximate surface area is 303 Å². The Bertz CT molecular complexity index is 1610. The number of rotatable bonds is 9. The lowest BCUT2D eigenvalue weighted by Crippen LogP contribution is -2.47. The molecular formula is C32H36Cl3F6N5O4. The van der Waals surface area contributed by atoms with Crippen LogP contribution in [0.4, 0.5) is 37.8 Å². The van der Waals surface area contributed by atoms with Crippen molar-refractivity contribution in [3.05, 3.63) is 71.4 Å². The normalized spacial score (nSPS) is 16.9. The van der Waals surface area contributed by atoms with Gasteiger partial charge in [-0.25, -0.2) is 4.98 Å². The lowest BCUT2D eigenvalue weighted by molar-refractivity contribution is -0.177. The summed E-state index contributed by atoms with van der Waals surface area (Å²) in [6.45, 7) is 2.27. The maximum Gasteiger partial charge on any atom is 0.419 e. The first-order chi connectivity index (χ1) is 22.2. The van der Waals surface area contributed by atoms with Crippen LogP contribution in [0.15, 0.2) is 54.7 Å². The number of pyridine rings is 1. The van der Waals surface area contributed by atoms with E-state index in [1.165, 1.54) is 23.2 Å². The average Bonchev–Trinajstić information content (AvgIpc) is 3.50. The van der Waals surface area contributed by atoms with E-state index in [4.69, 9.17) is 9.84 Å². The molecule has 2 fully saturated rings. The van der Waals surface area contributed by atoms with Crippen molar-refractivity contribution in [3.63, 3.8) is 0 Å². The standard InChI is InChI=1S/C32H33F6N5O4.3ClH/c1-47-26-9-6-21(15-25(26)31(33,34)35)24-17-39-28(16-22(24)18-43-10-2-3-27(43)32(36,37)38)40-30(46)20-4-7-23(8-5-20)42-13-11-41(12-14-42)19-29(44)45;;;/h4-9,15-17,27H,2-3,10-14,18-19H2,1H3,(H,44,45)(H,39,40,46);3*1H/t27-;;;/m0.../s1. The SMILES string of the molecule is COc1ccc(-c2cnc(NC(=O)c3ccc(N4CCN(CC(=O)O)CC4)cc3)cc2CN2CCC[C@H]2C(F)(F)F)cc1C(F)(F)F.Cl.Cl.Cl. The molecule has 2 aliphatic heterocycles. The predicted molar refractivity (Wildman–Crippen MR) is 183 cm³/mol. The number of carbonyl (C=O) groups excluding carboxylic acids is 1. The molecule has 0 bridgehead atoms. The summed E-state index contributed by atoms with van der Waals surface area (Å²) in [5.41, 5.74) is 0.636. The number of amides is 1. The molecule has 0 spiro atoms. The van der Waals surface area contributed by atoms with E-state index in [2.05, 4.69) is 15.2 Å². The Morgan fingerprint density at radius 3 is 2.18 bits per heavy atom. The number of likely N-dealkylation sites (tertiary alicyclic amines) is 1. The van der Waals surface area contributed by atoms with E-state index in [0.29, 0.717) is 32.6 Å². The molecule has 0 aliphatic carbocycles. The van der Waals surface area contributed by atoms with Crippen LogP contribution in [-0.4, -0.2) is 90.4 Å². The first-order valence-electron chi connectivity index (χ1n) is 14.9. The third-order valence-electron chi connectivity index (χ3n) is 8.39. The molecule has 18 heteroatoms. The van der Waals surface area contributed by atoms with E-state index < -0.39 is 41.6 Å². The topological polar surface area (TPSA) is 98.2 Å². The monoisotopic (exact) mass is 773 g/mol. The van der Waals surface area contributed by atoms with E-state index in [0.717, 1.165) is 24.9 Å². The van der Waals surface area contributed by atoms with Gasteiger partial charge in [0.05, 0.1) is 19.2 Å². The van der Waals surface area contributed by atoms with Gasteiger partial charge in [0.15, 0.2) is 0 Å². The fraction of sp³-hybridized carbons (Fsp3) is 0.406. The Morgan fingerprint density at radius 1 is 0.940 bits per heavy atom. The molecule has 3 heterocycles. The smallest absolute Gasteiger partial charge is 0.419 e. The maximum atomic E-state index is 13.8. The number of benzene rings is 2. The number of piperazine rings is 1. The number of carbonyl (C=O) groups is 2. The molecule has 0 saturated carbocycles. The summed E-state index contributed by atoms with van der Waals surface area (Å²) in [4.78, 5) is 33.5. The molecule has 2 saturated heterocycles. The molecule has 2 N–H and O–H groups in total. The van der Waals surface area contributed by atoms with Gasteiger partial charge in [-0.2, -0.15) is 26.3 Å². The minimum absolute atomic E-state index is 0. The zero-order valence-electron chi connectivity index (χ0n) is 26.6. The third-order valence-corrected chi connectivity index (χ3v) is 8.39. The van der Waals surface area contributed by atoms with Gasteiger partial charge in [-0.05, 0) is 73.0 Å². The van der Waals surface area contributed by atoms with E-state index >= 15 is 0 Å². The summed E-state index contributed by atoms with van der Waals surface area (Å²) < 4.78 is 87.6. The van der Waals surface area contributed by atoms with Crippen LogP contribution in [0.3, 0.4) is 0 Å². The first-order valence-corrected chi connectivity index (χ1v) is 14.9. The van der Waals surface area contributed by atoms with Crippen LogP contribution in [-0.2, 0) is 17.5 Å². The lowest BCUT2D eigenvalue weighted by Gasteiger charge is -2.35. The number of carboxylic acid groups (broad SMARTS) is 1. The highest BCUT2D eigenvalue weighted by Gasteiger charge is 2.46. The highest BCUT2D eigenvalue weighted by molar-refractivity contribution is 6.04. The molecule has 50 heavy (non-hydrogen) atoms. The second kappa shape index (κ2) is 17.6. The van der Waals surface area contributed by atoms with Gasteiger partial charge in [-0.1, -0.05) is 6.07 Å². The number of hydrogen-bond acceptors (Lipinski definition) is 7.